The van der Waals surface area contributed by atoms with Gasteiger partial charge in [-0.05, 0) is 76.9 Å². The van der Waals surface area contributed by atoms with E-state index in [9.17, 15) is 0 Å². The predicted molar refractivity (Wildman–Crippen MR) is 138 cm³/mol. The van der Waals surface area contributed by atoms with E-state index in [2.05, 4.69) is 95.3 Å². The molecule has 164 valence electrons. The first kappa shape index (κ1) is 20.9. The van der Waals surface area contributed by atoms with E-state index in [0.29, 0.717) is 18.0 Å². The molecule has 0 unspecified atom stereocenters. The lowest BCUT2D eigenvalue weighted by Gasteiger charge is -2.18. The summed E-state index contributed by atoms with van der Waals surface area (Å²) in [4.78, 5) is 0. The van der Waals surface area contributed by atoms with Crippen LogP contribution in [-0.4, -0.2) is 0 Å². The van der Waals surface area contributed by atoms with Crippen LogP contribution < -0.4 is 4.57 Å². The zero-order chi connectivity index (χ0) is 23.7. The molecule has 0 atom stereocenters. The van der Waals surface area contributed by atoms with E-state index in [1.54, 1.807) is 0 Å². The van der Waals surface area contributed by atoms with Crippen molar-refractivity contribution in [2.75, 3.05) is 0 Å². The van der Waals surface area contributed by atoms with Gasteiger partial charge in [0.25, 0.3) is 0 Å². The molecule has 0 spiro atoms. The molecule has 0 aliphatic rings. The van der Waals surface area contributed by atoms with Gasteiger partial charge < -0.3 is 0 Å². The largest absolute Gasteiger partial charge is 0.220 e. The van der Waals surface area contributed by atoms with E-state index >= 15 is 0 Å². The van der Waals surface area contributed by atoms with Crippen LogP contribution in [0.25, 0.3) is 33.2 Å². The highest BCUT2D eigenvalue weighted by Gasteiger charge is 2.21. The first-order valence-electron chi connectivity index (χ1n) is 12.5. The van der Waals surface area contributed by atoms with Gasteiger partial charge in [-0.3, -0.25) is 0 Å². The number of hydrogen-bond donors (Lipinski definition) is 0. The summed E-state index contributed by atoms with van der Waals surface area (Å²) in [6.45, 7) is 11.3. The van der Waals surface area contributed by atoms with Gasteiger partial charge in [0.1, 0.15) is 8.42 Å². The fraction of sp³-hybridized carbons (Fsp3) is 0.323. The molecule has 0 aliphatic heterocycles. The molecule has 1 heterocycles. The van der Waals surface area contributed by atoms with Gasteiger partial charge in [-0.25, -0.2) is 4.57 Å². The van der Waals surface area contributed by atoms with Crippen LogP contribution in [0.3, 0.4) is 0 Å². The highest BCUT2D eigenvalue weighted by atomic mass is 14.9. The Bertz CT molecular complexity index is 1280. The van der Waals surface area contributed by atoms with E-state index < -0.39 is 0 Å². The molecule has 32 heavy (non-hydrogen) atoms. The van der Waals surface area contributed by atoms with Crippen molar-refractivity contribution in [3.63, 3.8) is 0 Å². The molecule has 0 saturated heterocycles. The van der Waals surface area contributed by atoms with Gasteiger partial charge >= 0.3 is 0 Å². The van der Waals surface area contributed by atoms with Crippen LogP contribution in [0.4, 0.5) is 0 Å². The second-order valence-corrected chi connectivity index (χ2v) is 9.30. The quantitative estimate of drug-likeness (QED) is 0.274. The van der Waals surface area contributed by atoms with Gasteiger partial charge in [-0.1, -0.05) is 76.2 Å². The molecule has 0 fully saturated rings. The SMILES string of the molecule is [2H]c1cc2cc(C(CC)CC)ccc2c(-c2cc(-c3ccccc3)cc(C(C)C)c2C)[n+]1C. The number of aromatic nitrogens is 1. The molecule has 1 nitrogen and oxygen atoms in total. The van der Waals surface area contributed by atoms with Crippen molar-refractivity contribution in [2.45, 2.75) is 59.3 Å². The summed E-state index contributed by atoms with van der Waals surface area (Å²) in [5.74, 6) is 0.987. The Balaban J connectivity index is 2.03. The van der Waals surface area contributed by atoms with Crippen molar-refractivity contribution in [1.82, 2.24) is 0 Å². The van der Waals surface area contributed by atoms with Crippen LogP contribution in [0.15, 0.2) is 72.9 Å². The maximum absolute atomic E-state index is 8.75. The minimum Gasteiger partial charge on any atom is -0.200 e. The molecular weight excluding hydrogens is 386 g/mol. The van der Waals surface area contributed by atoms with Crippen LogP contribution in [0, 0.1) is 6.92 Å². The summed E-state index contributed by atoms with van der Waals surface area (Å²) >= 11 is 0. The number of rotatable bonds is 6. The third kappa shape index (κ3) is 4.09. The molecule has 4 rings (SSSR count). The Morgan fingerprint density at radius 1 is 0.875 bits per heavy atom. The third-order valence-electron chi connectivity index (χ3n) is 6.97. The first-order valence-corrected chi connectivity index (χ1v) is 12.0. The van der Waals surface area contributed by atoms with Crippen LogP contribution in [0.2, 0.25) is 0 Å². The Morgan fingerprint density at radius 3 is 2.25 bits per heavy atom. The molecule has 0 aliphatic carbocycles. The molecule has 1 heteroatoms. The minimum atomic E-state index is 0.421. The number of pyridine rings is 1. The average molecular weight is 424 g/mol. The second-order valence-electron chi connectivity index (χ2n) is 9.30. The maximum atomic E-state index is 8.75. The smallest absolute Gasteiger partial charge is 0.200 e. The Kier molecular flexibility index (Phi) is 6.08. The number of nitrogens with zero attached hydrogens (tertiary/aromatic N) is 1. The zero-order valence-electron chi connectivity index (χ0n) is 21.4. The summed E-state index contributed by atoms with van der Waals surface area (Å²) in [6, 6.07) is 24.2. The van der Waals surface area contributed by atoms with Crippen molar-refractivity contribution in [1.29, 1.82) is 0 Å². The van der Waals surface area contributed by atoms with E-state index in [-0.39, 0.29) is 0 Å². The van der Waals surface area contributed by atoms with E-state index in [1.165, 1.54) is 38.8 Å². The Hall–Kier alpha value is -2.93. The summed E-state index contributed by atoms with van der Waals surface area (Å²) in [5, 5.41) is 2.37. The van der Waals surface area contributed by atoms with Gasteiger partial charge in [-0.15, -0.1) is 0 Å². The average Bonchev–Trinajstić information content (AvgIpc) is 2.82. The van der Waals surface area contributed by atoms with Crippen LogP contribution in [-0.2, 0) is 7.05 Å². The predicted octanol–water partition coefficient (Wildman–Crippen LogP) is 8.33. The first-order chi connectivity index (χ1) is 15.8. The highest BCUT2D eigenvalue weighted by molar-refractivity contribution is 5.95. The molecule has 0 amide bonds. The molecule has 0 bridgehead atoms. The van der Waals surface area contributed by atoms with Gasteiger partial charge in [0, 0.05) is 6.07 Å². The fourth-order valence-corrected chi connectivity index (χ4v) is 5.05. The maximum Gasteiger partial charge on any atom is 0.220 e. The molecule has 0 radical (unpaired) electrons. The topological polar surface area (TPSA) is 3.88 Å². The fourth-order valence-electron chi connectivity index (χ4n) is 5.05. The monoisotopic (exact) mass is 423 g/mol. The van der Waals surface area contributed by atoms with Crippen LogP contribution in [0.5, 0.6) is 0 Å². The van der Waals surface area contributed by atoms with Crippen molar-refractivity contribution < 1.29 is 5.94 Å². The highest BCUT2D eigenvalue weighted by Crippen LogP contribution is 2.37. The third-order valence-corrected chi connectivity index (χ3v) is 6.97. The number of fused-ring (bicyclic) bond motifs is 1. The molecule has 3 aromatic carbocycles. The Morgan fingerprint density at radius 2 is 1.59 bits per heavy atom. The molecule has 4 aromatic rings. The van der Waals surface area contributed by atoms with Crippen molar-refractivity contribution in [3.8, 4) is 22.4 Å². The van der Waals surface area contributed by atoms with Crippen molar-refractivity contribution >= 4 is 10.8 Å². The van der Waals surface area contributed by atoms with Gasteiger partial charge in [-0.2, -0.15) is 0 Å². The second kappa shape index (κ2) is 9.28. The molecule has 1 aromatic heterocycles. The Labute approximate surface area is 195 Å². The molecule has 0 saturated carbocycles. The summed E-state index contributed by atoms with van der Waals surface area (Å²) < 4.78 is 10.8. The zero-order valence-corrected chi connectivity index (χ0v) is 20.4. The summed E-state index contributed by atoms with van der Waals surface area (Å²) in [5.41, 5.74) is 8.86. The van der Waals surface area contributed by atoms with Crippen molar-refractivity contribution in [3.05, 3.63) is 89.6 Å². The molecular formula is C31H36N+. The normalized spacial score (nSPS) is 12.1. The van der Waals surface area contributed by atoms with Gasteiger partial charge in [0.15, 0.2) is 6.17 Å². The number of benzene rings is 3. The summed E-state index contributed by atoms with van der Waals surface area (Å²) in [7, 11) is 2.02. The van der Waals surface area contributed by atoms with E-state index in [4.69, 9.17) is 1.37 Å². The van der Waals surface area contributed by atoms with E-state index in [0.717, 1.165) is 23.9 Å². The van der Waals surface area contributed by atoms with E-state index in [1.807, 2.05) is 17.7 Å². The van der Waals surface area contributed by atoms with Gasteiger partial charge in [0.2, 0.25) is 5.69 Å². The van der Waals surface area contributed by atoms with Crippen molar-refractivity contribution in [2.24, 2.45) is 7.05 Å². The van der Waals surface area contributed by atoms with Crippen LogP contribution >= 0.6 is 0 Å². The standard InChI is InChI=1S/C31H36N/c1-7-23(8-2)25-14-15-28-26(18-25)16-17-32(6)31(28)30-20-27(24-12-10-9-11-13-24)19-29(21(3)4)22(30)5/h9-21,23H,7-8H2,1-6H3/q+1/i17D. The number of hydrogen-bond acceptors (Lipinski definition) is 0. The minimum absolute atomic E-state index is 0.421. The lowest BCUT2D eigenvalue weighted by atomic mass is 9.87. The lowest BCUT2D eigenvalue weighted by molar-refractivity contribution is -0.659. The summed E-state index contributed by atoms with van der Waals surface area (Å²) in [6.07, 6.45) is 2.81. The molecule has 0 N–H and O–H groups in total. The van der Waals surface area contributed by atoms with Gasteiger partial charge in [0.05, 0.1) is 10.9 Å². The lowest BCUT2D eigenvalue weighted by Crippen LogP contribution is -2.31. The van der Waals surface area contributed by atoms with Crippen LogP contribution in [0.1, 0.15) is 70.4 Å².